The molecule has 1 aliphatic heterocycles. The van der Waals surface area contributed by atoms with E-state index in [1.807, 2.05) is 30.3 Å². The molecule has 33 heavy (non-hydrogen) atoms. The van der Waals surface area contributed by atoms with Gasteiger partial charge in [0.2, 0.25) is 0 Å². The van der Waals surface area contributed by atoms with Crippen molar-refractivity contribution in [2.24, 2.45) is 0 Å². The molecule has 3 N–H and O–H groups in total. The van der Waals surface area contributed by atoms with Crippen LogP contribution in [0.4, 0.5) is 5.82 Å². The normalized spacial score (nSPS) is 15.1. The Bertz CT molecular complexity index is 1120. The summed E-state index contributed by atoms with van der Waals surface area (Å²) in [6.07, 6.45) is 3.61. The number of aromatic nitrogens is 2. The van der Waals surface area contributed by atoms with Gasteiger partial charge in [0.1, 0.15) is 5.69 Å². The molecule has 0 saturated carbocycles. The van der Waals surface area contributed by atoms with E-state index in [1.165, 1.54) is 19.3 Å². The molecule has 0 aliphatic carbocycles. The summed E-state index contributed by atoms with van der Waals surface area (Å²) in [4.78, 5) is 28.1. The first-order valence-electron chi connectivity index (χ1n) is 10.9. The van der Waals surface area contributed by atoms with E-state index in [4.69, 9.17) is 11.6 Å². The van der Waals surface area contributed by atoms with Crippen LogP contribution in [0, 0.1) is 0 Å². The van der Waals surface area contributed by atoms with Gasteiger partial charge in [-0.2, -0.15) is 5.10 Å². The maximum Gasteiger partial charge on any atom is 0.271 e. The number of piperidine rings is 1. The van der Waals surface area contributed by atoms with Gasteiger partial charge in [-0.3, -0.25) is 14.7 Å². The van der Waals surface area contributed by atoms with Crippen molar-refractivity contribution in [1.29, 1.82) is 0 Å². The zero-order chi connectivity index (χ0) is 23.2. The van der Waals surface area contributed by atoms with Gasteiger partial charge in [0.15, 0.2) is 5.82 Å². The molecule has 172 valence electrons. The van der Waals surface area contributed by atoms with Crippen molar-refractivity contribution >= 4 is 45.2 Å². The highest BCUT2D eigenvalue weighted by Gasteiger charge is 2.24. The molecule has 0 spiro atoms. The monoisotopic (exact) mass is 529 g/mol. The van der Waals surface area contributed by atoms with Crippen molar-refractivity contribution in [1.82, 2.24) is 20.4 Å². The predicted octanol–water partition coefficient (Wildman–Crippen LogP) is 5.03. The third kappa shape index (κ3) is 5.82. The average molecular weight is 531 g/mol. The molecule has 1 aliphatic rings. The Kier molecular flexibility index (Phi) is 7.80. The number of H-pyrrole nitrogens is 1. The van der Waals surface area contributed by atoms with E-state index in [9.17, 15) is 9.59 Å². The van der Waals surface area contributed by atoms with Crippen LogP contribution in [0.15, 0.2) is 59.1 Å². The number of anilines is 1. The second-order valence-electron chi connectivity index (χ2n) is 7.99. The third-order valence-electron chi connectivity index (χ3n) is 5.68. The Morgan fingerprint density at radius 3 is 2.45 bits per heavy atom. The van der Waals surface area contributed by atoms with E-state index in [0.717, 1.165) is 25.2 Å². The van der Waals surface area contributed by atoms with Crippen LogP contribution in [0.25, 0.3) is 0 Å². The van der Waals surface area contributed by atoms with Crippen LogP contribution in [0.3, 0.4) is 0 Å². The van der Waals surface area contributed by atoms with Gasteiger partial charge >= 0.3 is 0 Å². The lowest BCUT2D eigenvalue weighted by atomic mass is 10.0. The zero-order valence-corrected chi connectivity index (χ0v) is 20.3. The van der Waals surface area contributed by atoms with Crippen LogP contribution in [0.5, 0.6) is 0 Å². The van der Waals surface area contributed by atoms with Gasteiger partial charge in [0.05, 0.1) is 21.1 Å². The minimum atomic E-state index is -0.410. The predicted molar refractivity (Wildman–Crippen MR) is 133 cm³/mol. The molecule has 1 saturated heterocycles. The smallest absolute Gasteiger partial charge is 0.271 e. The molecule has 0 unspecified atom stereocenters. The molecule has 9 heteroatoms. The number of likely N-dealkylation sites (tertiary alicyclic amines) is 1. The molecule has 1 fully saturated rings. The summed E-state index contributed by atoms with van der Waals surface area (Å²) in [5.74, 6) is -0.497. The summed E-state index contributed by atoms with van der Waals surface area (Å²) in [5, 5.41) is 13.0. The highest BCUT2D eigenvalue weighted by molar-refractivity contribution is 9.10. The van der Waals surface area contributed by atoms with Crippen molar-refractivity contribution < 1.29 is 9.59 Å². The zero-order valence-electron chi connectivity index (χ0n) is 18.0. The lowest BCUT2D eigenvalue weighted by Gasteiger charge is -2.31. The summed E-state index contributed by atoms with van der Waals surface area (Å²) >= 11 is 9.51. The van der Waals surface area contributed by atoms with Crippen LogP contribution in [0.1, 0.15) is 51.7 Å². The van der Waals surface area contributed by atoms with E-state index in [-0.39, 0.29) is 23.5 Å². The summed E-state index contributed by atoms with van der Waals surface area (Å²) in [6, 6.07) is 16.5. The second-order valence-corrected chi connectivity index (χ2v) is 9.19. The minimum absolute atomic E-state index is 0.173. The number of rotatable bonds is 7. The lowest BCUT2D eigenvalue weighted by molar-refractivity contribution is 0.0913. The summed E-state index contributed by atoms with van der Waals surface area (Å²) < 4.78 is 0.380. The Balaban J connectivity index is 1.48. The fourth-order valence-corrected chi connectivity index (χ4v) is 4.61. The van der Waals surface area contributed by atoms with Crippen molar-refractivity contribution in [2.75, 3.05) is 25.0 Å². The van der Waals surface area contributed by atoms with E-state index < -0.39 is 5.91 Å². The number of amides is 2. The topological polar surface area (TPSA) is 90.1 Å². The SMILES string of the molecule is O=C(Nc1n[nH]c(C(=O)N[C@@H](CN2CCCCC2)c2ccccc2)c1Br)c1ccccc1Cl. The largest absolute Gasteiger partial charge is 0.343 e. The van der Waals surface area contributed by atoms with E-state index >= 15 is 0 Å². The van der Waals surface area contributed by atoms with Crippen LogP contribution in [-0.4, -0.2) is 46.5 Å². The Morgan fingerprint density at radius 2 is 1.73 bits per heavy atom. The first kappa shape index (κ1) is 23.5. The molecule has 0 bridgehead atoms. The number of hydrogen-bond donors (Lipinski definition) is 3. The van der Waals surface area contributed by atoms with Crippen molar-refractivity contribution in [3.8, 4) is 0 Å². The molecule has 1 aromatic heterocycles. The average Bonchev–Trinajstić information content (AvgIpc) is 3.20. The van der Waals surface area contributed by atoms with Crippen LogP contribution in [-0.2, 0) is 0 Å². The van der Waals surface area contributed by atoms with Gasteiger partial charge in [0.25, 0.3) is 11.8 Å². The van der Waals surface area contributed by atoms with Crippen LogP contribution in [0.2, 0.25) is 5.02 Å². The van der Waals surface area contributed by atoms with Crippen molar-refractivity contribution in [3.05, 3.63) is 80.9 Å². The first-order valence-corrected chi connectivity index (χ1v) is 12.1. The van der Waals surface area contributed by atoms with E-state index in [1.54, 1.807) is 24.3 Å². The molecular formula is C24H25BrClN5O2. The standard InChI is InChI=1S/C24H25BrClN5O2/c25-20-21(29-30-22(20)28-23(32)17-11-5-6-12-18(17)26)24(33)27-19(16-9-3-1-4-10-16)15-31-13-7-2-8-14-31/h1,3-6,9-12,19H,2,7-8,13-15H2,(H,27,33)(H2,28,29,30,32)/t19-/m0/s1. The number of aromatic amines is 1. The highest BCUT2D eigenvalue weighted by atomic mass is 79.9. The molecule has 0 radical (unpaired) electrons. The molecule has 2 heterocycles. The van der Waals surface area contributed by atoms with Gasteiger partial charge in [-0.25, -0.2) is 0 Å². The van der Waals surface area contributed by atoms with Gasteiger partial charge in [-0.15, -0.1) is 0 Å². The molecule has 2 amide bonds. The number of nitrogens with one attached hydrogen (secondary N) is 3. The van der Waals surface area contributed by atoms with Crippen LogP contribution >= 0.6 is 27.5 Å². The molecular weight excluding hydrogens is 506 g/mol. The number of nitrogens with zero attached hydrogens (tertiary/aromatic N) is 2. The number of carbonyl (C=O) groups excluding carboxylic acids is 2. The van der Waals surface area contributed by atoms with Gasteiger partial charge < -0.3 is 15.5 Å². The Morgan fingerprint density at radius 1 is 1.03 bits per heavy atom. The maximum atomic E-state index is 13.1. The minimum Gasteiger partial charge on any atom is -0.343 e. The third-order valence-corrected chi connectivity index (χ3v) is 6.78. The fourth-order valence-electron chi connectivity index (χ4n) is 3.93. The maximum absolute atomic E-state index is 13.1. The number of carbonyl (C=O) groups is 2. The van der Waals surface area contributed by atoms with Gasteiger partial charge in [-0.1, -0.05) is 60.5 Å². The lowest BCUT2D eigenvalue weighted by Crippen LogP contribution is -2.40. The molecule has 2 aromatic carbocycles. The van der Waals surface area contributed by atoms with E-state index in [2.05, 4.69) is 41.7 Å². The highest BCUT2D eigenvalue weighted by Crippen LogP contribution is 2.26. The number of halogens is 2. The first-order chi connectivity index (χ1) is 16.0. The Labute approximate surface area is 206 Å². The second kappa shape index (κ2) is 11.0. The molecule has 4 rings (SSSR count). The van der Waals surface area contributed by atoms with Crippen molar-refractivity contribution in [2.45, 2.75) is 25.3 Å². The van der Waals surface area contributed by atoms with E-state index in [0.29, 0.717) is 15.1 Å². The number of hydrogen-bond acceptors (Lipinski definition) is 4. The molecule has 3 aromatic rings. The summed E-state index contributed by atoms with van der Waals surface area (Å²) in [5.41, 5.74) is 1.61. The fraction of sp³-hybridized carbons (Fsp3) is 0.292. The molecule has 7 nitrogen and oxygen atoms in total. The van der Waals surface area contributed by atoms with Gasteiger partial charge in [-0.05, 0) is 59.6 Å². The summed E-state index contributed by atoms with van der Waals surface area (Å²) in [6.45, 7) is 2.80. The van der Waals surface area contributed by atoms with Crippen LogP contribution < -0.4 is 10.6 Å². The summed E-state index contributed by atoms with van der Waals surface area (Å²) in [7, 11) is 0. The molecule has 1 atom stereocenters. The Hall–Kier alpha value is -2.68. The number of benzene rings is 2. The quantitative estimate of drug-likeness (QED) is 0.399. The van der Waals surface area contributed by atoms with Gasteiger partial charge in [0, 0.05) is 6.54 Å². The van der Waals surface area contributed by atoms with Crippen molar-refractivity contribution in [3.63, 3.8) is 0 Å².